The Kier molecular flexibility index (Phi) is 7.65. The fourth-order valence-electron chi connectivity index (χ4n) is 2.93. The van der Waals surface area contributed by atoms with Gasteiger partial charge in [0.05, 0.1) is 0 Å². The molecule has 1 fully saturated rings. The molecule has 0 unspecified atom stereocenters. The van der Waals surface area contributed by atoms with Crippen molar-refractivity contribution in [1.82, 2.24) is 16.0 Å². The van der Waals surface area contributed by atoms with Gasteiger partial charge in [-0.3, -0.25) is 4.79 Å². The van der Waals surface area contributed by atoms with Gasteiger partial charge in [-0.1, -0.05) is 24.6 Å². The number of carbonyl (C=O) groups is 1. The molecule has 1 aromatic rings. The molecule has 0 radical (unpaired) electrons. The Labute approximate surface area is 162 Å². The minimum atomic E-state index is -0.212. The smallest absolute Gasteiger partial charge is 0.273 e. The Morgan fingerprint density at radius 1 is 1.22 bits per heavy atom. The highest BCUT2D eigenvalue weighted by molar-refractivity contribution is 5.99. The highest BCUT2D eigenvalue weighted by Gasteiger charge is 2.20. The first-order valence-corrected chi connectivity index (χ1v) is 9.67. The Morgan fingerprint density at radius 3 is 2.52 bits per heavy atom. The van der Waals surface area contributed by atoms with Gasteiger partial charge < -0.3 is 21.4 Å². The molecule has 1 saturated carbocycles. The average Bonchev–Trinajstić information content (AvgIpc) is 2.62. The normalized spacial score (nSPS) is 15.5. The lowest BCUT2D eigenvalue weighted by Gasteiger charge is -2.26. The van der Waals surface area contributed by atoms with Gasteiger partial charge in [0.2, 0.25) is 0 Å². The minimum absolute atomic E-state index is 0.212. The van der Waals surface area contributed by atoms with Crippen molar-refractivity contribution in [2.75, 3.05) is 6.54 Å². The number of carbonyl (C=O) groups excluding carboxylic acids is 1. The Hall–Kier alpha value is -2.56. The molecule has 146 valence electrons. The molecule has 0 aliphatic heterocycles. The monoisotopic (exact) mass is 368 g/mol. The molecule has 1 amide bonds. The fraction of sp³-hybridized carbons (Fsp3) is 0.455. The molecular weight excluding hydrogens is 336 g/mol. The van der Waals surface area contributed by atoms with Crippen LogP contribution in [0.25, 0.3) is 0 Å². The van der Waals surface area contributed by atoms with Crippen LogP contribution in [-0.2, 0) is 11.3 Å². The highest BCUT2D eigenvalue weighted by Crippen LogP contribution is 2.25. The summed E-state index contributed by atoms with van der Waals surface area (Å²) < 4.78 is 0. The van der Waals surface area contributed by atoms with Crippen LogP contribution in [0.1, 0.15) is 49.8 Å². The number of aryl methyl sites for hydroxylation is 2. The van der Waals surface area contributed by atoms with Crippen molar-refractivity contribution in [1.29, 1.82) is 5.41 Å². The Bertz CT molecular complexity index is 745. The van der Waals surface area contributed by atoms with Crippen LogP contribution in [-0.4, -0.2) is 18.7 Å². The van der Waals surface area contributed by atoms with Crippen LogP contribution in [0.5, 0.6) is 0 Å². The van der Waals surface area contributed by atoms with Gasteiger partial charge in [0.15, 0.2) is 0 Å². The summed E-state index contributed by atoms with van der Waals surface area (Å²) >= 11 is 0. The number of benzene rings is 1. The summed E-state index contributed by atoms with van der Waals surface area (Å²) in [6.07, 6.45) is 6.77. The second-order valence-corrected chi connectivity index (χ2v) is 7.31. The quantitative estimate of drug-likeness (QED) is 0.397. The molecule has 0 bridgehead atoms. The van der Waals surface area contributed by atoms with Crippen LogP contribution in [0.4, 0.5) is 0 Å². The zero-order valence-electron chi connectivity index (χ0n) is 16.9. The molecule has 27 heavy (non-hydrogen) atoms. The van der Waals surface area contributed by atoms with Crippen molar-refractivity contribution >= 4 is 12.1 Å². The van der Waals surface area contributed by atoms with Crippen molar-refractivity contribution in [3.8, 4) is 0 Å². The minimum Gasteiger partial charge on any atom is -0.380 e. The van der Waals surface area contributed by atoms with E-state index in [1.165, 1.54) is 42.2 Å². The zero-order valence-corrected chi connectivity index (χ0v) is 16.9. The molecule has 0 atom stereocenters. The van der Waals surface area contributed by atoms with Crippen molar-refractivity contribution < 1.29 is 4.79 Å². The molecule has 0 saturated heterocycles. The summed E-state index contributed by atoms with van der Waals surface area (Å²) in [6.45, 7) is 9.29. The molecule has 2 rings (SSSR count). The van der Waals surface area contributed by atoms with Gasteiger partial charge >= 0.3 is 0 Å². The average molecular weight is 369 g/mol. The lowest BCUT2D eigenvalue weighted by Crippen LogP contribution is -2.38. The van der Waals surface area contributed by atoms with E-state index >= 15 is 0 Å². The SMILES string of the molecule is C/C=C(\NCc1ccc(C)c(C)c1)NC(=O)/C(NCC1CCC1)=C(\C)C=N. The molecule has 0 aromatic heterocycles. The largest absolute Gasteiger partial charge is 0.380 e. The summed E-state index contributed by atoms with van der Waals surface area (Å²) in [4.78, 5) is 12.7. The van der Waals surface area contributed by atoms with E-state index in [0.717, 1.165) is 6.54 Å². The van der Waals surface area contributed by atoms with E-state index in [-0.39, 0.29) is 5.91 Å². The summed E-state index contributed by atoms with van der Waals surface area (Å²) in [7, 11) is 0. The number of hydrogen-bond donors (Lipinski definition) is 4. The van der Waals surface area contributed by atoms with Gasteiger partial charge in [0, 0.05) is 19.3 Å². The first kappa shape index (κ1) is 20.7. The molecule has 1 aliphatic carbocycles. The van der Waals surface area contributed by atoms with E-state index in [1.54, 1.807) is 6.92 Å². The molecule has 1 aromatic carbocycles. The van der Waals surface area contributed by atoms with Crippen molar-refractivity contribution in [2.24, 2.45) is 5.92 Å². The van der Waals surface area contributed by atoms with Crippen LogP contribution in [0, 0.1) is 25.2 Å². The third-order valence-corrected chi connectivity index (χ3v) is 5.22. The molecule has 4 N–H and O–H groups in total. The number of rotatable bonds is 9. The van der Waals surface area contributed by atoms with Crippen LogP contribution < -0.4 is 16.0 Å². The van der Waals surface area contributed by atoms with E-state index in [9.17, 15) is 4.79 Å². The van der Waals surface area contributed by atoms with Gasteiger partial charge in [0.1, 0.15) is 11.5 Å². The summed E-state index contributed by atoms with van der Waals surface area (Å²) in [5.74, 6) is 1.09. The Morgan fingerprint density at radius 2 is 1.96 bits per heavy atom. The summed E-state index contributed by atoms with van der Waals surface area (Å²) in [5, 5.41) is 17.0. The van der Waals surface area contributed by atoms with Crippen LogP contribution >= 0.6 is 0 Å². The van der Waals surface area contributed by atoms with Gasteiger partial charge in [-0.05, 0) is 74.8 Å². The van der Waals surface area contributed by atoms with Crippen LogP contribution in [0.15, 0.2) is 41.4 Å². The fourth-order valence-corrected chi connectivity index (χ4v) is 2.93. The van der Waals surface area contributed by atoms with Crippen LogP contribution in [0.3, 0.4) is 0 Å². The standard InChI is InChI=1S/C22H32N4O/c1-5-20(24-14-19-10-9-15(2)16(3)11-19)26-22(27)21(17(4)12-23)25-13-18-7-6-8-18/h5,9-12,18,23-25H,6-8,13-14H2,1-4H3,(H,26,27)/b20-5+,21-17-,23-12?. The number of amides is 1. The van der Waals surface area contributed by atoms with Crippen molar-refractivity contribution in [3.63, 3.8) is 0 Å². The van der Waals surface area contributed by atoms with E-state index in [1.807, 2.05) is 13.0 Å². The molecule has 0 spiro atoms. The van der Waals surface area contributed by atoms with E-state index in [2.05, 4.69) is 48.0 Å². The van der Waals surface area contributed by atoms with E-state index < -0.39 is 0 Å². The van der Waals surface area contributed by atoms with E-state index in [0.29, 0.717) is 29.6 Å². The predicted octanol–water partition coefficient (Wildman–Crippen LogP) is 3.68. The van der Waals surface area contributed by atoms with E-state index in [4.69, 9.17) is 5.41 Å². The number of hydrogen-bond acceptors (Lipinski definition) is 4. The lowest BCUT2D eigenvalue weighted by molar-refractivity contribution is -0.117. The third kappa shape index (κ3) is 5.98. The molecular formula is C22H32N4O. The second-order valence-electron chi connectivity index (χ2n) is 7.31. The van der Waals surface area contributed by atoms with Gasteiger partial charge in [0.25, 0.3) is 5.91 Å². The van der Waals surface area contributed by atoms with Crippen molar-refractivity contribution in [3.05, 3.63) is 58.1 Å². The Balaban J connectivity index is 1.96. The topological polar surface area (TPSA) is 77.0 Å². The van der Waals surface area contributed by atoms with Gasteiger partial charge in [-0.25, -0.2) is 0 Å². The maximum atomic E-state index is 12.7. The van der Waals surface area contributed by atoms with Gasteiger partial charge in [-0.15, -0.1) is 0 Å². The van der Waals surface area contributed by atoms with Gasteiger partial charge in [-0.2, -0.15) is 0 Å². The molecule has 5 heteroatoms. The lowest BCUT2D eigenvalue weighted by atomic mass is 9.85. The molecule has 5 nitrogen and oxygen atoms in total. The van der Waals surface area contributed by atoms with Crippen LogP contribution in [0.2, 0.25) is 0 Å². The maximum absolute atomic E-state index is 12.7. The maximum Gasteiger partial charge on any atom is 0.273 e. The number of nitrogens with one attached hydrogen (secondary N) is 4. The zero-order chi connectivity index (χ0) is 19.8. The highest BCUT2D eigenvalue weighted by atomic mass is 16.2. The predicted molar refractivity (Wildman–Crippen MR) is 111 cm³/mol. The first-order chi connectivity index (χ1) is 12.9. The van der Waals surface area contributed by atoms with Crippen molar-refractivity contribution in [2.45, 2.75) is 53.5 Å². The molecule has 0 heterocycles. The second kappa shape index (κ2) is 9.95. The summed E-state index contributed by atoms with van der Waals surface area (Å²) in [6, 6.07) is 6.36. The number of allylic oxidation sites excluding steroid dienone is 2. The third-order valence-electron chi connectivity index (χ3n) is 5.22. The molecule has 1 aliphatic rings. The summed E-state index contributed by atoms with van der Waals surface area (Å²) in [5.41, 5.74) is 4.81. The first-order valence-electron chi connectivity index (χ1n) is 9.67.